The molecular weight excluding hydrogens is 300 g/mol. The van der Waals surface area contributed by atoms with Crippen molar-refractivity contribution < 1.29 is 12.6 Å². The van der Waals surface area contributed by atoms with E-state index in [-0.39, 0.29) is 18.0 Å². The summed E-state index contributed by atoms with van der Waals surface area (Å²) in [5.74, 6) is 1.19. The number of sulfonamides is 1. The Labute approximate surface area is 121 Å². The highest BCUT2D eigenvalue weighted by atomic mass is 32.2. The Morgan fingerprint density at radius 3 is 2.45 bits per heavy atom. The van der Waals surface area contributed by atoms with Crippen LogP contribution in [0.15, 0.2) is 17.3 Å². The lowest BCUT2D eigenvalue weighted by Gasteiger charge is -2.25. The van der Waals surface area contributed by atoms with E-state index in [0.717, 1.165) is 13.0 Å². The molecule has 112 valence electrons. The van der Waals surface area contributed by atoms with Gasteiger partial charge in [-0.25, -0.2) is 18.4 Å². The van der Waals surface area contributed by atoms with Crippen molar-refractivity contribution in [3.05, 3.63) is 12.4 Å². The first-order chi connectivity index (χ1) is 9.54. The minimum atomic E-state index is -3.58. The Bertz CT molecular complexity index is 564. The third kappa shape index (κ3) is 3.53. The Kier molecular flexibility index (Phi) is 5.06. The molecule has 1 aliphatic heterocycles. The van der Waals surface area contributed by atoms with Crippen molar-refractivity contribution in [3.8, 4) is 0 Å². The van der Waals surface area contributed by atoms with E-state index in [1.165, 1.54) is 16.7 Å². The summed E-state index contributed by atoms with van der Waals surface area (Å²) in [5, 5.41) is 2.99. The van der Waals surface area contributed by atoms with Crippen LogP contribution in [-0.4, -0.2) is 58.0 Å². The van der Waals surface area contributed by atoms with Crippen LogP contribution in [0.3, 0.4) is 0 Å². The Balaban J connectivity index is 2.11. The van der Waals surface area contributed by atoms with Gasteiger partial charge in [-0.1, -0.05) is 6.92 Å². The maximum absolute atomic E-state index is 12.3. The molecule has 0 unspecified atom stereocenters. The lowest BCUT2D eigenvalue weighted by Crippen LogP contribution is -2.41. The molecule has 0 saturated carbocycles. The van der Waals surface area contributed by atoms with Gasteiger partial charge in [-0.05, 0) is 6.42 Å². The summed E-state index contributed by atoms with van der Waals surface area (Å²) in [6, 6.07) is 0. The van der Waals surface area contributed by atoms with Crippen molar-refractivity contribution in [1.29, 1.82) is 0 Å². The molecule has 9 heteroatoms. The Hall–Kier alpha value is -1.06. The number of hydrogen-bond acceptors (Lipinski definition) is 6. The highest BCUT2D eigenvalue weighted by molar-refractivity contribution is 7.89. The van der Waals surface area contributed by atoms with Crippen molar-refractivity contribution in [2.24, 2.45) is 0 Å². The summed E-state index contributed by atoms with van der Waals surface area (Å²) in [4.78, 5) is 8.08. The molecule has 20 heavy (non-hydrogen) atoms. The van der Waals surface area contributed by atoms with E-state index in [2.05, 4.69) is 15.3 Å². The molecule has 0 bridgehead atoms. The van der Waals surface area contributed by atoms with Crippen LogP contribution in [0.25, 0.3) is 0 Å². The summed E-state index contributed by atoms with van der Waals surface area (Å²) in [6.07, 6.45) is 3.56. The van der Waals surface area contributed by atoms with Crippen molar-refractivity contribution in [1.82, 2.24) is 14.3 Å². The molecule has 0 spiro atoms. The van der Waals surface area contributed by atoms with Gasteiger partial charge in [-0.2, -0.15) is 4.31 Å². The maximum atomic E-state index is 12.3. The largest absolute Gasteiger partial charge is 0.354 e. The van der Waals surface area contributed by atoms with Crippen LogP contribution < -0.4 is 5.32 Å². The molecule has 1 fully saturated rings. The highest BCUT2D eigenvalue weighted by Gasteiger charge is 2.28. The van der Waals surface area contributed by atoms with Gasteiger partial charge in [0.1, 0.15) is 4.90 Å². The molecular formula is C11H18N4O3S2. The van der Waals surface area contributed by atoms with E-state index in [4.69, 9.17) is 0 Å². The number of nitrogens with zero attached hydrogens (tertiary/aromatic N) is 3. The van der Waals surface area contributed by atoms with Crippen molar-refractivity contribution in [2.45, 2.75) is 18.2 Å². The molecule has 1 aromatic heterocycles. The average Bonchev–Trinajstić information content (AvgIpc) is 2.46. The van der Waals surface area contributed by atoms with Gasteiger partial charge in [-0.15, -0.1) is 0 Å². The third-order valence-corrected chi connectivity index (χ3v) is 6.06. The first kappa shape index (κ1) is 15.3. The van der Waals surface area contributed by atoms with E-state index >= 15 is 0 Å². The van der Waals surface area contributed by atoms with Crippen LogP contribution in [0.5, 0.6) is 0 Å². The fourth-order valence-corrected chi connectivity index (χ4v) is 4.40. The second kappa shape index (κ2) is 6.59. The minimum absolute atomic E-state index is 0.0761. The fourth-order valence-electron chi connectivity index (χ4n) is 1.79. The summed E-state index contributed by atoms with van der Waals surface area (Å²) < 4.78 is 37.3. The molecule has 0 radical (unpaired) electrons. The molecule has 0 amide bonds. The normalized spacial score (nSPS) is 18.1. The van der Waals surface area contributed by atoms with E-state index in [0.29, 0.717) is 17.5 Å². The zero-order chi connectivity index (χ0) is 14.6. The van der Waals surface area contributed by atoms with Gasteiger partial charge < -0.3 is 5.32 Å². The first-order valence-corrected chi connectivity index (χ1v) is 9.38. The topological polar surface area (TPSA) is 92.3 Å². The molecule has 0 aliphatic carbocycles. The monoisotopic (exact) mass is 318 g/mol. The van der Waals surface area contributed by atoms with E-state index < -0.39 is 20.8 Å². The minimum Gasteiger partial charge on any atom is -0.354 e. The quantitative estimate of drug-likeness (QED) is 0.825. The first-order valence-electron chi connectivity index (χ1n) is 6.45. The van der Waals surface area contributed by atoms with Crippen LogP contribution in [0.1, 0.15) is 13.3 Å². The zero-order valence-corrected chi connectivity index (χ0v) is 12.9. The second-order valence-electron chi connectivity index (χ2n) is 4.42. The Morgan fingerprint density at radius 2 is 1.90 bits per heavy atom. The van der Waals surface area contributed by atoms with Crippen LogP contribution in [0, 0.1) is 0 Å². The molecule has 0 atom stereocenters. The summed E-state index contributed by atoms with van der Waals surface area (Å²) in [6.45, 7) is 3.33. The lowest BCUT2D eigenvalue weighted by molar-refractivity contribution is 0.438. The molecule has 7 nitrogen and oxygen atoms in total. The van der Waals surface area contributed by atoms with Crippen molar-refractivity contribution >= 4 is 26.8 Å². The highest BCUT2D eigenvalue weighted by Crippen LogP contribution is 2.16. The van der Waals surface area contributed by atoms with Crippen LogP contribution in [-0.2, 0) is 20.8 Å². The predicted octanol–water partition coefficient (Wildman–Crippen LogP) is 0.0515. The standard InChI is InChI=1S/C11H18N4O3S2/c1-2-3-12-11-13-8-10(9-14-11)20(17,18)15-4-6-19(16)7-5-15/h8-9H,2-7H2,1H3,(H,12,13,14). The van der Waals surface area contributed by atoms with E-state index in [1.54, 1.807) is 0 Å². The molecule has 1 N–H and O–H groups in total. The lowest BCUT2D eigenvalue weighted by atomic mass is 10.5. The average molecular weight is 318 g/mol. The smallest absolute Gasteiger partial charge is 0.246 e. The van der Waals surface area contributed by atoms with Gasteiger partial charge in [-0.3, -0.25) is 4.21 Å². The Morgan fingerprint density at radius 1 is 1.30 bits per heavy atom. The van der Waals surface area contributed by atoms with Gasteiger partial charge in [0.15, 0.2) is 0 Å². The van der Waals surface area contributed by atoms with E-state index in [1.807, 2.05) is 6.92 Å². The van der Waals surface area contributed by atoms with Crippen molar-refractivity contribution in [2.75, 3.05) is 36.5 Å². The number of hydrogen-bond donors (Lipinski definition) is 1. The van der Waals surface area contributed by atoms with Crippen LogP contribution in [0.4, 0.5) is 5.95 Å². The van der Waals surface area contributed by atoms with Gasteiger partial charge >= 0.3 is 0 Å². The third-order valence-electron chi connectivity index (χ3n) is 2.94. The van der Waals surface area contributed by atoms with Gasteiger partial charge in [0.25, 0.3) is 0 Å². The van der Waals surface area contributed by atoms with Gasteiger partial charge in [0.2, 0.25) is 16.0 Å². The van der Waals surface area contributed by atoms with Crippen LogP contribution in [0.2, 0.25) is 0 Å². The summed E-state index contributed by atoms with van der Waals surface area (Å²) in [7, 11) is -4.48. The molecule has 0 aromatic carbocycles. The number of rotatable bonds is 5. The fraction of sp³-hybridized carbons (Fsp3) is 0.636. The molecule has 1 saturated heterocycles. The second-order valence-corrected chi connectivity index (χ2v) is 8.06. The molecule has 1 aromatic rings. The molecule has 2 rings (SSSR count). The van der Waals surface area contributed by atoms with Gasteiger partial charge in [0.05, 0.1) is 12.4 Å². The maximum Gasteiger partial charge on any atom is 0.246 e. The molecule has 1 aliphatic rings. The number of anilines is 1. The van der Waals surface area contributed by atoms with Gasteiger partial charge in [0, 0.05) is 41.9 Å². The zero-order valence-electron chi connectivity index (χ0n) is 11.3. The van der Waals surface area contributed by atoms with E-state index in [9.17, 15) is 12.6 Å². The number of aromatic nitrogens is 2. The summed E-state index contributed by atoms with van der Waals surface area (Å²) >= 11 is 0. The summed E-state index contributed by atoms with van der Waals surface area (Å²) in [5.41, 5.74) is 0. The van der Waals surface area contributed by atoms with Crippen molar-refractivity contribution in [3.63, 3.8) is 0 Å². The predicted molar refractivity (Wildman–Crippen MR) is 77.4 cm³/mol. The molecule has 2 heterocycles. The SMILES string of the molecule is CCCNc1ncc(S(=O)(=O)N2CCS(=O)CC2)cn1. The van der Waals surface area contributed by atoms with Crippen LogP contribution >= 0.6 is 0 Å². The number of nitrogens with one attached hydrogen (secondary N) is 1.